The van der Waals surface area contributed by atoms with Gasteiger partial charge in [-0.15, -0.1) is 0 Å². The summed E-state index contributed by atoms with van der Waals surface area (Å²) in [6.07, 6.45) is 4.85. The van der Waals surface area contributed by atoms with Gasteiger partial charge in [-0.25, -0.2) is 0 Å². The quantitative estimate of drug-likeness (QED) is 0.748. The third-order valence-electron chi connectivity index (χ3n) is 4.49. The van der Waals surface area contributed by atoms with Crippen molar-refractivity contribution in [1.82, 2.24) is 15.1 Å². The van der Waals surface area contributed by atoms with Gasteiger partial charge in [0.1, 0.15) is 6.54 Å². The first-order valence-electron chi connectivity index (χ1n) is 8.10. The van der Waals surface area contributed by atoms with E-state index in [-0.39, 0.29) is 18.5 Å². The van der Waals surface area contributed by atoms with Crippen LogP contribution in [0.1, 0.15) is 39.0 Å². The lowest BCUT2D eigenvalue weighted by atomic mass is 10.0. The van der Waals surface area contributed by atoms with Crippen LogP contribution in [-0.4, -0.2) is 71.6 Å². The fourth-order valence-corrected chi connectivity index (χ4v) is 3.54. The van der Waals surface area contributed by atoms with Gasteiger partial charge in [0.15, 0.2) is 0 Å². The Morgan fingerprint density at radius 2 is 2.00 bits per heavy atom. The molecule has 6 heteroatoms. The molecule has 0 saturated carbocycles. The van der Waals surface area contributed by atoms with Crippen molar-refractivity contribution in [2.75, 3.05) is 32.7 Å². The van der Waals surface area contributed by atoms with Crippen LogP contribution in [-0.2, 0) is 9.59 Å². The van der Waals surface area contributed by atoms with E-state index in [2.05, 4.69) is 10.2 Å². The first kappa shape index (κ1) is 16.2. The van der Waals surface area contributed by atoms with Gasteiger partial charge in [-0.05, 0) is 51.7 Å². The number of hydrogen-bond donors (Lipinski definition) is 2. The van der Waals surface area contributed by atoms with E-state index in [4.69, 9.17) is 5.11 Å². The van der Waals surface area contributed by atoms with Gasteiger partial charge in [-0.3, -0.25) is 14.5 Å². The summed E-state index contributed by atoms with van der Waals surface area (Å²) >= 11 is 0. The first-order chi connectivity index (χ1) is 10.1. The fraction of sp³-hybridized carbons (Fsp3) is 0.867. The number of carbonyl (C=O) groups is 2. The zero-order valence-corrected chi connectivity index (χ0v) is 12.9. The number of carboxylic acid groups (broad SMARTS) is 1. The van der Waals surface area contributed by atoms with Crippen LogP contribution >= 0.6 is 0 Å². The third-order valence-corrected chi connectivity index (χ3v) is 4.49. The van der Waals surface area contributed by atoms with E-state index >= 15 is 0 Å². The molecule has 0 bridgehead atoms. The molecule has 2 aliphatic rings. The largest absolute Gasteiger partial charge is 0.480 e. The van der Waals surface area contributed by atoms with Crippen LogP contribution in [0.4, 0.5) is 0 Å². The van der Waals surface area contributed by atoms with Crippen LogP contribution in [0.5, 0.6) is 0 Å². The molecule has 1 atom stereocenters. The van der Waals surface area contributed by atoms with Gasteiger partial charge < -0.3 is 15.3 Å². The Balaban J connectivity index is 2.02. The van der Waals surface area contributed by atoms with Crippen LogP contribution in [0, 0.1) is 0 Å². The number of nitrogens with one attached hydrogen (secondary N) is 1. The molecule has 1 unspecified atom stereocenters. The Morgan fingerprint density at radius 1 is 1.29 bits per heavy atom. The van der Waals surface area contributed by atoms with Crippen molar-refractivity contribution in [1.29, 1.82) is 0 Å². The summed E-state index contributed by atoms with van der Waals surface area (Å²) in [6, 6.07) is 0.356. The fourth-order valence-electron chi connectivity index (χ4n) is 3.54. The third kappa shape index (κ3) is 4.17. The minimum Gasteiger partial charge on any atom is -0.480 e. The Morgan fingerprint density at radius 3 is 2.62 bits per heavy atom. The lowest BCUT2D eigenvalue weighted by molar-refractivity contribution is -0.147. The van der Waals surface area contributed by atoms with Gasteiger partial charge in [-0.2, -0.15) is 0 Å². The van der Waals surface area contributed by atoms with E-state index in [1.165, 1.54) is 4.90 Å². The monoisotopic (exact) mass is 297 g/mol. The zero-order chi connectivity index (χ0) is 15.2. The van der Waals surface area contributed by atoms with Crippen molar-refractivity contribution in [3.8, 4) is 0 Å². The number of carbonyl (C=O) groups excluding carboxylic acids is 1. The molecule has 0 aromatic heterocycles. The topological polar surface area (TPSA) is 72.9 Å². The molecule has 120 valence electrons. The van der Waals surface area contributed by atoms with E-state index in [0.29, 0.717) is 12.6 Å². The second-order valence-corrected chi connectivity index (χ2v) is 6.03. The van der Waals surface area contributed by atoms with Gasteiger partial charge >= 0.3 is 5.97 Å². The highest BCUT2D eigenvalue weighted by atomic mass is 16.4. The number of aliphatic carboxylic acids is 1. The second-order valence-electron chi connectivity index (χ2n) is 6.03. The number of nitrogens with zero attached hydrogens (tertiary/aromatic N) is 2. The SMILES string of the molecule is CCCN(CC(=O)O)C(=O)C1CCCN1C1CCNCC1. The minimum atomic E-state index is -0.928. The van der Waals surface area contributed by atoms with Crippen molar-refractivity contribution < 1.29 is 14.7 Å². The molecule has 2 N–H and O–H groups in total. The molecule has 2 rings (SSSR count). The highest BCUT2D eigenvalue weighted by molar-refractivity contribution is 5.85. The summed E-state index contributed by atoms with van der Waals surface area (Å²) in [6.45, 7) is 5.31. The molecule has 2 heterocycles. The maximum absolute atomic E-state index is 12.7. The second kappa shape index (κ2) is 7.75. The summed E-state index contributed by atoms with van der Waals surface area (Å²) in [5.41, 5.74) is 0. The Labute approximate surface area is 126 Å². The number of likely N-dealkylation sites (tertiary alicyclic amines) is 1. The predicted molar refractivity (Wildman–Crippen MR) is 80.1 cm³/mol. The maximum atomic E-state index is 12.7. The molecule has 0 aromatic carbocycles. The predicted octanol–water partition coefficient (Wildman–Crippen LogP) is 0.526. The summed E-state index contributed by atoms with van der Waals surface area (Å²) in [5, 5.41) is 12.4. The lowest BCUT2D eigenvalue weighted by Gasteiger charge is -2.36. The molecule has 1 amide bonds. The van der Waals surface area contributed by atoms with Crippen LogP contribution in [0.3, 0.4) is 0 Å². The molecule has 0 spiro atoms. The van der Waals surface area contributed by atoms with Crippen molar-refractivity contribution in [2.24, 2.45) is 0 Å². The molecule has 2 fully saturated rings. The van der Waals surface area contributed by atoms with Crippen LogP contribution in [0.15, 0.2) is 0 Å². The lowest BCUT2D eigenvalue weighted by Crippen LogP contribution is -2.52. The molecule has 6 nitrogen and oxygen atoms in total. The van der Waals surface area contributed by atoms with E-state index in [9.17, 15) is 9.59 Å². The minimum absolute atomic E-state index is 0.00952. The van der Waals surface area contributed by atoms with Crippen LogP contribution < -0.4 is 5.32 Å². The van der Waals surface area contributed by atoms with E-state index < -0.39 is 5.97 Å². The standard InChI is InChI=1S/C15H27N3O3/c1-2-9-17(11-14(19)20)15(21)13-4-3-10-18(13)12-5-7-16-8-6-12/h12-13,16H,2-11H2,1H3,(H,19,20). The Kier molecular flexibility index (Phi) is 5.99. The molecular formula is C15H27N3O3. The van der Waals surface area contributed by atoms with Crippen LogP contribution in [0.25, 0.3) is 0 Å². The molecule has 2 aliphatic heterocycles. The summed E-state index contributed by atoms with van der Waals surface area (Å²) in [7, 11) is 0. The highest BCUT2D eigenvalue weighted by Gasteiger charge is 2.37. The van der Waals surface area contributed by atoms with Gasteiger partial charge in [0.2, 0.25) is 5.91 Å². The van der Waals surface area contributed by atoms with Gasteiger partial charge in [0.25, 0.3) is 0 Å². The van der Waals surface area contributed by atoms with Crippen molar-refractivity contribution in [2.45, 2.75) is 51.1 Å². The van der Waals surface area contributed by atoms with Gasteiger partial charge in [-0.1, -0.05) is 6.92 Å². The molecule has 0 aromatic rings. The molecule has 0 radical (unpaired) electrons. The van der Waals surface area contributed by atoms with Crippen molar-refractivity contribution in [3.05, 3.63) is 0 Å². The molecule has 2 saturated heterocycles. The maximum Gasteiger partial charge on any atom is 0.323 e. The molecule has 0 aliphatic carbocycles. The zero-order valence-electron chi connectivity index (χ0n) is 12.9. The summed E-state index contributed by atoms with van der Waals surface area (Å²) in [4.78, 5) is 27.5. The van der Waals surface area contributed by atoms with E-state index in [1.54, 1.807) is 0 Å². The van der Waals surface area contributed by atoms with Crippen molar-refractivity contribution in [3.63, 3.8) is 0 Å². The normalized spacial score (nSPS) is 24.1. The Hall–Kier alpha value is -1.14. The first-order valence-corrected chi connectivity index (χ1v) is 8.10. The average Bonchev–Trinajstić information content (AvgIpc) is 2.96. The summed E-state index contributed by atoms with van der Waals surface area (Å²) in [5.74, 6) is -0.918. The molecular weight excluding hydrogens is 270 g/mol. The van der Waals surface area contributed by atoms with Gasteiger partial charge in [0, 0.05) is 12.6 Å². The number of rotatable bonds is 6. The van der Waals surface area contributed by atoms with Gasteiger partial charge in [0.05, 0.1) is 6.04 Å². The number of piperidine rings is 1. The average molecular weight is 297 g/mol. The Bertz CT molecular complexity index is 369. The number of carboxylic acids is 1. The number of amides is 1. The summed E-state index contributed by atoms with van der Waals surface area (Å²) < 4.78 is 0. The smallest absolute Gasteiger partial charge is 0.323 e. The van der Waals surface area contributed by atoms with E-state index in [1.807, 2.05) is 6.92 Å². The molecule has 21 heavy (non-hydrogen) atoms. The van der Waals surface area contributed by atoms with Crippen molar-refractivity contribution >= 4 is 11.9 Å². The van der Waals surface area contributed by atoms with E-state index in [0.717, 1.165) is 51.7 Å². The van der Waals surface area contributed by atoms with Crippen LogP contribution in [0.2, 0.25) is 0 Å². The number of hydrogen-bond acceptors (Lipinski definition) is 4. The highest BCUT2D eigenvalue weighted by Crippen LogP contribution is 2.25.